The number of ether oxygens (including phenoxy) is 1. The van der Waals surface area contributed by atoms with Crippen LogP contribution in [0.3, 0.4) is 0 Å². The first-order valence-electron chi connectivity index (χ1n) is 7.22. The molecular formula is C17H19NO2. The number of benzene rings is 1. The topological polar surface area (TPSA) is 31.2 Å². The van der Waals surface area contributed by atoms with E-state index in [1.54, 1.807) is 0 Å². The lowest BCUT2D eigenvalue weighted by Gasteiger charge is -2.06. The van der Waals surface area contributed by atoms with E-state index in [1.807, 2.05) is 36.5 Å². The highest BCUT2D eigenvalue weighted by molar-refractivity contribution is 5.97. The maximum Gasteiger partial charge on any atom is 0.164 e. The van der Waals surface area contributed by atoms with Gasteiger partial charge in [0.15, 0.2) is 5.78 Å². The molecule has 0 radical (unpaired) electrons. The molecule has 1 heterocycles. The predicted octanol–water partition coefficient (Wildman–Crippen LogP) is 3.48. The van der Waals surface area contributed by atoms with Gasteiger partial charge in [-0.15, -0.1) is 0 Å². The van der Waals surface area contributed by atoms with Gasteiger partial charge < -0.3 is 9.30 Å². The number of carbonyl (C=O) groups excluding carboxylic acids is 1. The van der Waals surface area contributed by atoms with Gasteiger partial charge in [-0.3, -0.25) is 4.79 Å². The van der Waals surface area contributed by atoms with Crippen molar-refractivity contribution in [3.63, 3.8) is 0 Å². The third kappa shape index (κ3) is 2.93. The highest BCUT2D eigenvalue weighted by Gasteiger charge is 2.17. The van der Waals surface area contributed by atoms with E-state index in [9.17, 15) is 4.79 Å². The van der Waals surface area contributed by atoms with E-state index >= 15 is 0 Å². The van der Waals surface area contributed by atoms with Crippen LogP contribution in [0.2, 0.25) is 0 Å². The number of nitrogens with zero attached hydrogens (tertiary/aromatic N) is 1. The van der Waals surface area contributed by atoms with Crippen LogP contribution in [0, 0.1) is 0 Å². The second kappa shape index (κ2) is 5.95. The summed E-state index contributed by atoms with van der Waals surface area (Å²) < 4.78 is 7.77. The summed E-state index contributed by atoms with van der Waals surface area (Å²) in [4.78, 5) is 12.0. The number of rotatable bonds is 4. The van der Waals surface area contributed by atoms with Crippen LogP contribution >= 0.6 is 0 Å². The van der Waals surface area contributed by atoms with Crippen molar-refractivity contribution < 1.29 is 9.53 Å². The Balaban J connectivity index is 1.61. The third-order valence-corrected chi connectivity index (χ3v) is 3.72. The molecule has 0 atom stereocenters. The summed E-state index contributed by atoms with van der Waals surface area (Å²) in [6.07, 6.45) is 7.93. The lowest BCUT2D eigenvalue weighted by molar-refractivity contribution is 0.0982. The van der Waals surface area contributed by atoms with E-state index in [0.717, 1.165) is 37.1 Å². The number of hydrogen-bond donors (Lipinski definition) is 0. The van der Waals surface area contributed by atoms with Crippen molar-refractivity contribution in [3.8, 4) is 5.75 Å². The van der Waals surface area contributed by atoms with E-state index < -0.39 is 0 Å². The molecule has 0 amide bonds. The van der Waals surface area contributed by atoms with Crippen molar-refractivity contribution in [2.75, 3.05) is 6.61 Å². The zero-order chi connectivity index (χ0) is 13.8. The van der Waals surface area contributed by atoms with Crippen LogP contribution in [0.15, 0.2) is 42.7 Å². The van der Waals surface area contributed by atoms with E-state index in [1.165, 1.54) is 5.56 Å². The number of ketones is 1. The molecule has 3 nitrogen and oxygen atoms in total. The normalized spacial score (nSPS) is 14.7. The van der Waals surface area contributed by atoms with Crippen molar-refractivity contribution in [2.24, 2.45) is 0 Å². The van der Waals surface area contributed by atoms with Crippen LogP contribution < -0.4 is 4.74 Å². The molecule has 0 saturated carbocycles. The lowest BCUT2D eigenvalue weighted by atomic mass is 10.1. The molecule has 0 saturated heterocycles. The summed E-state index contributed by atoms with van der Waals surface area (Å²) >= 11 is 0. The van der Waals surface area contributed by atoms with E-state index in [-0.39, 0.29) is 0 Å². The van der Waals surface area contributed by atoms with Gasteiger partial charge in [0.25, 0.3) is 0 Å². The van der Waals surface area contributed by atoms with Crippen LogP contribution in [-0.4, -0.2) is 17.0 Å². The molecule has 0 bridgehead atoms. The van der Waals surface area contributed by atoms with Gasteiger partial charge in [0.1, 0.15) is 12.4 Å². The minimum absolute atomic E-state index is 0.292. The molecule has 0 N–H and O–H groups in total. The molecule has 2 aromatic rings. The summed E-state index contributed by atoms with van der Waals surface area (Å²) in [5.41, 5.74) is 2.12. The summed E-state index contributed by atoms with van der Waals surface area (Å²) in [5.74, 6) is 1.18. The standard InChI is InChI=1S/C17H19NO2/c19-17-9-5-4-6-14-12-18(13-16(14)17)10-11-20-15-7-2-1-3-8-15/h1-3,7-8,12-13H,4-6,9-11H2. The Labute approximate surface area is 119 Å². The molecule has 20 heavy (non-hydrogen) atoms. The van der Waals surface area contributed by atoms with Gasteiger partial charge in [-0.2, -0.15) is 0 Å². The summed E-state index contributed by atoms with van der Waals surface area (Å²) in [7, 11) is 0. The number of aromatic nitrogens is 1. The van der Waals surface area contributed by atoms with Gasteiger partial charge in [0.05, 0.1) is 6.54 Å². The number of hydrogen-bond acceptors (Lipinski definition) is 2. The SMILES string of the molecule is O=C1CCCCc2cn(CCOc3ccccc3)cc21. The fourth-order valence-corrected chi connectivity index (χ4v) is 2.66. The highest BCUT2D eigenvalue weighted by atomic mass is 16.5. The third-order valence-electron chi connectivity index (χ3n) is 3.72. The average Bonchev–Trinajstić information content (AvgIpc) is 2.80. The van der Waals surface area contributed by atoms with Gasteiger partial charge in [-0.25, -0.2) is 0 Å². The zero-order valence-electron chi connectivity index (χ0n) is 11.5. The first-order valence-corrected chi connectivity index (χ1v) is 7.22. The zero-order valence-corrected chi connectivity index (χ0v) is 11.5. The molecule has 3 heteroatoms. The lowest BCUT2D eigenvalue weighted by Crippen LogP contribution is -2.06. The minimum atomic E-state index is 0.292. The maximum absolute atomic E-state index is 12.0. The van der Waals surface area contributed by atoms with Crippen molar-refractivity contribution >= 4 is 5.78 Å². The monoisotopic (exact) mass is 269 g/mol. The quantitative estimate of drug-likeness (QED) is 0.796. The molecular weight excluding hydrogens is 250 g/mol. The number of carbonyl (C=O) groups is 1. The second-order valence-corrected chi connectivity index (χ2v) is 5.23. The Bertz CT molecular complexity index is 586. The molecule has 104 valence electrons. The van der Waals surface area contributed by atoms with Crippen molar-refractivity contribution in [3.05, 3.63) is 53.9 Å². The van der Waals surface area contributed by atoms with Gasteiger partial charge in [0.2, 0.25) is 0 Å². The predicted molar refractivity (Wildman–Crippen MR) is 78.3 cm³/mol. The van der Waals surface area contributed by atoms with Gasteiger partial charge in [-0.1, -0.05) is 18.2 Å². The van der Waals surface area contributed by atoms with Crippen molar-refractivity contribution in [2.45, 2.75) is 32.2 Å². The van der Waals surface area contributed by atoms with Gasteiger partial charge in [0, 0.05) is 24.4 Å². The number of Topliss-reactive ketones (excluding diaryl/α,β-unsaturated/α-hetero) is 1. The van der Waals surface area contributed by atoms with E-state index in [2.05, 4.69) is 10.8 Å². The van der Waals surface area contributed by atoms with E-state index in [4.69, 9.17) is 4.74 Å². The minimum Gasteiger partial charge on any atom is -0.492 e. The number of aryl methyl sites for hydroxylation is 1. The van der Waals surface area contributed by atoms with Crippen molar-refractivity contribution in [1.82, 2.24) is 4.57 Å². The average molecular weight is 269 g/mol. The van der Waals surface area contributed by atoms with Gasteiger partial charge in [-0.05, 0) is 37.0 Å². The van der Waals surface area contributed by atoms with Crippen LogP contribution in [0.25, 0.3) is 0 Å². The largest absolute Gasteiger partial charge is 0.492 e. The van der Waals surface area contributed by atoms with Crippen LogP contribution in [0.1, 0.15) is 35.2 Å². The Morgan fingerprint density at radius 2 is 1.85 bits per heavy atom. The van der Waals surface area contributed by atoms with Crippen LogP contribution in [0.4, 0.5) is 0 Å². The van der Waals surface area contributed by atoms with Gasteiger partial charge >= 0.3 is 0 Å². The molecule has 3 rings (SSSR count). The first kappa shape index (κ1) is 13.0. The number of para-hydroxylation sites is 1. The summed E-state index contributed by atoms with van der Waals surface area (Å²) in [6.45, 7) is 1.39. The molecule has 1 aromatic carbocycles. The molecule has 1 aliphatic carbocycles. The van der Waals surface area contributed by atoms with Crippen molar-refractivity contribution in [1.29, 1.82) is 0 Å². The Morgan fingerprint density at radius 1 is 1.05 bits per heavy atom. The van der Waals surface area contributed by atoms with Crippen LogP contribution in [-0.2, 0) is 13.0 Å². The van der Waals surface area contributed by atoms with E-state index in [0.29, 0.717) is 18.8 Å². The number of fused-ring (bicyclic) bond motifs is 1. The highest BCUT2D eigenvalue weighted by Crippen LogP contribution is 2.21. The molecule has 0 spiro atoms. The fourth-order valence-electron chi connectivity index (χ4n) is 2.66. The summed E-state index contributed by atoms with van der Waals surface area (Å²) in [6, 6.07) is 9.81. The molecule has 1 aromatic heterocycles. The maximum atomic E-state index is 12.0. The van der Waals surface area contributed by atoms with Crippen LogP contribution in [0.5, 0.6) is 5.75 Å². The Morgan fingerprint density at radius 3 is 2.70 bits per heavy atom. The summed E-state index contributed by atoms with van der Waals surface area (Å²) in [5, 5.41) is 0. The Hall–Kier alpha value is -2.03. The first-order chi connectivity index (χ1) is 9.83. The molecule has 0 unspecified atom stereocenters. The second-order valence-electron chi connectivity index (χ2n) is 5.23. The molecule has 1 aliphatic rings. The smallest absolute Gasteiger partial charge is 0.164 e. The molecule has 0 fully saturated rings. The molecule has 0 aliphatic heterocycles. The fraction of sp³-hybridized carbons (Fsp3) is 0.353. The Kier molecular flexibility index (Phi) is 3.86.